The summed E-state index contributed by atoms with van der Waals surface area (Å²) in [6, 6.07) is 27.0. The van der Waals surface area contributed by atoms with Crippen molar-refractivity contribution in [2.75, 3.05) is 0 Å². The molecule has 4 rings (SSSR count). The van der Waals surface area contributed by atoms with E-state index in [0.717, 1.165) is 29.7 Å². The lowest BCUT2D eigenvalue weighted by Gasteiger charge is -2.25. The van der Waals surface area contributed by atoms with E-state index in [9.17, 15) is 0 Å². The Morgan fingerprint density at radius 1 is 0.795 bits per heavy atom. The number of benzene rings is 3. The van der Waals surface area contributed by atoms with Gasteiger partial charge in [-0.25, -0.2) is 4.98 Å². The molecule has 4 aromatic rings. The first-order chi connectivity index (χ1) is 18.9. The predicted molar refractivity (Wildman–Crippen MR) is 163 cm³/mol. The van der Waals surface area contributed by atoms with E-state index in [1.807, 2.05) is 18.2 Å². The van der Waals surface area contributed by atoms with Gasteiger partial charge in [-0.1, -0.05) is 127 Å². The van der Waals surface area contributed by atoms with Gasteiger partial charge in [0.15, 0.2) is 0 Å². The summed E-state index contributed by atoms with van der Waals surface area (Å²) in [5, 5.41) is 2.37. The number of hydrogen-bond acceptors (Lipinski definition) is 3. The van der Waals surface area contributed by atoms with Crippen LogP contribution in [0.5, 0.6) is 5.75 Å². The van der Waals surface area contributed by atoms with Crippen LogP contribution >= 0.6 is 0 Å². The van der Waals surface area contributed by atoms with Crippen LogP contribution in [0.3, 0.4) is 0 Å². The van der Waals surface area contributed by atoms with Gasteiger partial charge in [0, 0.05) is 5.56 Å². The molecule has 0 radical (unpaired) electrons. The molecule has 3 nitrogen and oxygen atoms in total. The molecule has 39 heavy (non-hydrogen) atoms. The highest BCUT2D eigenvalue weighted by molar-refractivity contribution is 6.80. The number of rotatable bonds is 12. The highest BCUT2D eigenvalue weighted by Gasteiger charge is 2.24. The van der Waals surface area contributed by atoms with Crippen LogP contribution in [0.15, 0.2) is 85.1 Å². The second kappa shape index (κ2) is 13.7. The van der Waals surface area contributed by atoms with Gasteiger partial charge in [0.25, 0.3) is 9.04 Å². The monoisotopic (exact) mass is 540 g/mol. The van der Waals surface area contributed by atoms with Crippen LogP contribution < -0.4 is 14.8 Å². The molecule has 1 heterocycles. The van der Waals surface area contributed by atoms with E-state index in [4.69, 9.17) is 4.43 Å². The minimum Gasteiger partial charge on any atom is -0.537 e. The Morgan fingerprint density at radius 3 is 2.00 bits per heavy atom. The molecule has 0 saturated carbocycles. The third-order valence-electron chi connectivity index (χ3n) is 7.14. The number of hydrogen-bond donors (Lipinski definition) is 0. The van der Waals surface area contributed by atoms with Crippen molar-refractivity contribution < 1.29 is 8.82 Å². The predicted octanol–water partition coefficient (Wildman–Crippen LogP) is 7.40. The molecule has 0 aliphatic rings. The standard InChI is InChI=1S/C34H41FN2OSi/c1-5-6-7-8-9-16-21-30-33(35)37-31(25-36-30)29-23-22-26(34(2,3)4)24-32(29)38-39(27-17-12-10-13-18-27)28-19-14-11-15-20-28/h10-15,17-20,22-25,39H,5-9,16,21H2,1-4H3. The molecule has 0 fully saturated rings. The molecule has 204 valence electrons. The summed E-state index contributed by atoms with van der Waals surface area (Å²) in [5.41, 5.74) is 2.81. The molecule has 0 unspecified atom stereocenters. The molecule has 1 aromatic heterocycles. The van der Waals surface area contributed by atoms with Gasteiger partial charge >= 0.3 is 0 Å². The van der Waals surface area contributed by atoms with Crippen LogP contribution in [-0.2, 0) is 11.8 Å². The zero-order valence-corrected chi connectivity index (χ0v) is 24.9. The maximum Gasteiger partial charge on any atom is 0.299 e. The minimum atomic E-state index is -2.10. The van der Waals surface area contributed by atoms with Gasteiger partial charge in [-0.15, -0.1) is 0 Å². The first-order valence-electron chi connectivity index (χ1n) is 14.3. The third-order valence-corrected chi connectivity index (χ3v) is 9.61. The smallest absolute Gasteiger partial charge is 0.299 e. The largest absolute Gasteiger partial charge is 0.537 e. The average Bonchev–Trinajstić information content (AvgIpc) is 2.94. The Kier molecular flexibility index (Phi) is 10.0. The molecule has 0 aliphatic carbocycles. The number of aryl methyl sites for hydroxylation is 1. The Morgan fingerprint density at radius 2 is 1.41 bits per heavy atom. The van der Waals surface area contributed by atoms with Crippen molar-refractivity contribution in [2.45, 2.75) is 78.1 Å². The van der Waals surface area contributed by atoms with Crippen LogP contribution in [-0.4, -0.2) is 19.0 Å². The van der Waals surface area contributed by atoms with Gasteiger partial charge in [-0.2, -0.15) is 4.39 Å². The van der Waals surface area contributed by atoms with Gasteiger partial charge in [0.05, 0.1) is 17.6 Å². The van der Waals surface area contributed by atoms with Crippen molar-refractivity contribution in [1.82, 2.24) is 9.97 Å². The summed E-state index contributed by atoms with van der Waals surface area (Å²) in [4.78, 5) is 8.90. The summed E-state index contributed by atoms with van der Waals surface area (Å²) in [5.74, 6) is 0.246. The van der Waals surface area contributed by atoms with Crippen molar-refractivity contribution in [3.63, 3.8) is 0 Å². The number of nitrogens with zero attached hydrogens (tertiary/aromatic N) is 2. The number of halogens is 1. The summed E-state index contributed by atoms with van der Waals surface area (Å²) in [7, 11) is -2.10. The van der Waals surface area contributed by atoms with Crippen LogP contribution in [0.4, 0.5) is 4.39 Å². The summed E-state index contributed by atoms with van der Waals surface area (Å²) in [6.07, 6.45) is 9.28. The second-order valence-corrected chi connectivity index (χ2v) is 13.6. The summed E-state index contributed by atoms with van der Waals surface area (Å²) in [6.45, 7) is 8.77. The normalized spacial score (nSPS) is 11.6. The molecule has 5 heteroatoms. The molecule has 0 aliphatic heterocycles. The number of aromatic nitrogens is 2. The molecular weight excluding hydrogens is 499 g/mol. The van der Waals surface area contributed by atoms with E-state index in [1.165, 1.54) is 36.1 Å². The van der Waals surface area contributed by atoms with Crippen molar-refractivity contribution in [3.05, 3.63) is 102 Å². The first kappa shape index (κ1) is 28.7. The van der Waals surface area contributed by atoms with Crippen LogP contribution in [0, 0.1) is 5.95 Å². The fourth-order valence-corrected chi connectivity index (χ4v) is 7.02. The fraction of sp³-hybridized carbons (Fsp3) is 0.353. The Balaban J connectivity index is 1.66. The summed E-state index contributed by atoms with van der Waals surface area (Å²) >= 11 is 0. The Bertz CT molecular complexity index is 1280. The topological polar surface area (TPSA) is 35.0 Å². The van der Waals surface area contributed by atoms with Gasteiger partial charge < -0.3 is 4.43 Å². The van der Waals surface area contributed by atoms with Crippen molar-refractivity contribution in [2.24, 2.45) is 0 Å². The lowest BCUT2D eigenvalue weighted by atomic mass is 9.86. The lowest BCUT2D eigenvalue weighted by molar-refractivity contribution is 0.540. The maximum absolute atomic E-state index is 15.2. The number of unbranched alkanes of at least 4 members (excludes halogenated alkanes) is 5. The molecule has 0 amide bonds. The van der Waals surface area contributed by atoms with Crippen LogP contribution in [0.1, 0.15) is 77.5 Å². The van der Waals surface area contributed by atoms with E-state index >= 15 is 4.39 Å². The molecule has 3 aromatic carbocycles. The average molecular weight is 541 g/mol. The van der Waals surface area contributed by atoms with Gasteiger partial charge in [-0.05, 0) is 46.3 Å². The third kappa shape index (κ3) is 7.86. The molecule has 0 spiro atoms. The van der Waals surface area contributed by atoms with Crippen molar-refractivity contribution in [1.29, 1.82) is 0 Å². The maximum atomic E-state index is 15.2. The quantitative estimate of drug-likeness (QED) is 0.139. The lowest BCUT2D eigenvalue weighted by Crippen LogP contribution is -2.47. The van der Waals surface area contributed by atoms with E-state index in [2.05, 4.69) is 98.3 Å². The van der Waals surface area contributed by atoms with E-state index in [1.54, 1.807) is 6.20 Å². The molecule has 0 bridgehead atoms. The Labute approximate surface area is 235 Å². The second-order valence-electron chi connectivity index (χ2n) is 11.3. The van der Waals surface area contributed by atoms with E-state index in [0.29, 0.717) is 17.8 Å². The Hall–Kier alpha value is -3.31. The van der Waals surface area contributed by atoms with Crippen molar-refractivity contribution in [3.8, 4) is 17.0 Å². The highest BCUT2D eigenvalue weighted by atomic mass is 28.3. The minimum absolute atomic E-state index is 0.0644. The molecule has 0 atom stereocenters. The van der Waals surface area contributed by atoms with Gasteiger partial charge in [0.2, 0.25) is 5.95 Å². The summed E-state index contributed by atoms with van der Waals surface area (Å²) < 4.78 is 22.1. The van der Waals surface area contributed by atoms with Gasteiger partial charge in [0.1, 0.15) is 5.75 Å². The SMILES string of the molecule is CCCCCCCCc1ncc(-c2ccc(C(C)(C)C)cc2O[SiH](c2ccccc2)c2ccccc2)nc1F. The fourth-order valence-electron chi connectivity index (χ4n) is 4.77. The zero-order chi connectivity index (χ0) is 27.7. The van der Waals surface area contributed by atoms with Crippen LogP contribution in [0.2, 0.25) is 0 Å². The molecule has 0 saturated heterocycles. The van der Waals surface area contributed by atoms with Crippen molar-refractivity contribution >= 4 is 19.4 Å². The van der Waals surface area contributed by atoms with E-state index < -0.39 is 15.0 Å². The first-order valence-corrected chi connectivity index (χ1v) is 15.9. The molecular formula is C34H41FN2OSi. The van der Waals surface area contributed by atoms with Crippen LogP contribution in [0.25, 0.3) is 11.3 Å². The zero-order valence-electron chi connectivity index (χ0n) is 23.8. The van der Waals surface area contributed by atoms with E-state index in [-0.39, 0.29) is 5.41 Å². The molecule has 0 N–H and O–H groups in total. The highest BCUT2D eigenvalue weighted by Crippen LogP contribution is 2.34. The van der Waals surface area contributed by atoms with Gasteiger partial charge in [-0.3, -0.25) is 4.98 Å².